The number of ether oxygens (including phenoxy) is 6. The van der Waals surface area contributed by atoms with Crippen molar-refractivity contribution >= 4 is 0 Å². The number of benzene rings is 8. The van der Waals surface area contributed by atoms with Crippen molar-refractivity contribution in [1.82, 2.24) is 25.6 Å². The number of hydrogen-bond donors (Lipinski definition) is 2. The third-order valence-corrected chi connectivity index (χ3v) is 11.6. The molecule has 0 aliphatic heterocycles. The van der Waals surface area contributed by atoms with Crippen LogP contribution >= 0.6 is 0 Å². The molecule has 0 saturated heterocycles. The molecule has 0 unspecified atom stereocenters. The van der Waals surface area contributed by atoms with E-state index in [1.165, 1.54) is 0 Å². The molecular weight excluding hydrogens is 887 g/mol. The summed E-state index contributed by atoms with van der Waals surface area (Å²) in [5.74, 6) is 3.95. The molecule has 0 amide bonds. The Morgan fingerprint density at radius 3 is 1.04 bits per heavy atom. The number of rotatable bonds is 24. The third kappa shape index (κ3) is 14.1. The van der Waals surface area contributed by atoms with Gasteiger partial charge in [-0.1, -0.05) is 151 Å². The Morgan fingerprint density at radius 1 is 0.380 bits per heavy atom. The van der Waals surface area contributed by atoms with Gasteiger partial charge in [0.25, 0.3) is 0 Å². The summed E-state index contributed by atoms with van der Waals surface area (Å²) in [6.07, 6.45) is 2.00. The molecule has 9 aromatic rings. The predicted molar refractivity (Wildman–Crippen MR) is 277 cm³/mol. The van der Waals surface area contributed by atoms with Crippen LogP contribution in [0.3, 0.4) is 0 Å². The van der Waals surface area contributed by atoms with Gasteiger partial charge in [0.05, 0.1) is 18.9 Å². The average molecular weight is 944 g/mol. The molecule has 0 aliphatic carbocycles. The fourth-order valence-electron chi connectivity index (χ4n) is 7.97. The average Bonchev–Trinajstić information content (AvgIpc) is 3.89. The highest BCUT2D eigenvalue weighted by Gasteiger charge is 2.13. The van der Waals surface area contributed by atoms with Crippen LogP contribution < -0.4 is 39.1 Å². The summed E-state index contributed by atoms with van der Waals surface area (Å²) in [4.78, 5) is 0. The molecule has 11 heteroatoms. The maximum atomic E-state index is 6.62. The summed E-state index contributed by atoms with van der Waals surface area (Å²) in [6.45, 7) is 2.55. The first-order valence-electron chi connectivity index (χ1n) is 23.7. The zero-order valence-electron chi connectivity index (χ0n) is 39.9. The van der Waals surface area contributed by atoms with E-state index in [0.29, 0.717) is 67.5 Å². The molecule has 11 nitrogen and oxygen atoms in total. The zero-order valence-corrected chi connectivity index (χ0v) is 39.9. The largest absolute Gasteiger partial charge is 0.489 e. The fraction of sp³-hybridized carbons (Fsp3) is 0.167. The lowest BCUT2D eigenvalue weighted by Gasteiger charge is -2.16. The molecule has 0 atom stereocenters. The first-order chi connectivity index (χ1) is 35.0. The van der Waals surface area contributed by atoms with Gasteiger partial charge in [0.1, 0.15) is 79.8 Å². The van der Waals surface area contributed by atoms with Crippen LogP contribution in [0.25, 0.3) is 11.3 Å². The van der Waals surface area contributed by atoms with E-state index in [1.807, 2.05) is 201 Å². The summed E-state index contributed by atoms with van der Waals surface area (Å²) < 4.78 is 40.3. The lowest BCUT2D eigenvalue weighted by molar-refractivity contribution is 0.275. The van der Waals surface area contributed by atoms with Gasteiger partial charge in [0, 0.05) is 23.8 Å². The third-order valence-electron chi connectivity index (χ3n) is 11.6. The Balaban J connectivity index is 0.970. The fourth-order valence-corrected chi connectivity index (χ4v) is 7.97. The molecule has 0 aliphatic rings. The van der Waals surface area contributed by atoms with E-state index in [0.717, 1.165) is 55.8 Å². The molecule has 9 rings (SSSR count). The van der Waals surface area contributed by atoms with Crippen LogP contribution in [0.15, 0.2) is 206 Å². The number of aromatic nitrogens is 3. The molecule has 358 valence electrons. The van der Waals surface area contributed by atoms with Crippen molar-refractivity contribution in [2.24, 2.45) is 0 Å². The molecule has 1 aromatic heterocycles. The van der Waals surface area contributed by atoms with Crippen LogP contribution in [-0.4, -0.2) is 29.1 Å². The van der Waals surface area contributed by atoms with Crippen LogP contribution in [0, 0.1) is 0 Å². The number of nitrogens with zero attached hydrogens (tertiary/aromatic N) is 3. The van der Waals surface area contributed by atoms with Crippen molar-refractivity contribution < 1.29 is 28.4 Å². The summed E-state index contributed by atoms with van der Waals surface area (Å²) in [5.41, 5.74) is 9.80. The van der Waals surface area contributed by atoms with E-state index in [9.17, 15) is 0 Å². The second kappa shape index (κ2) is 24.3. The summed E-state index contributed by atoms with van der Waals surface area (Å²) in [6, 6.07) is 66.4. The highest BCUT2D eigenvalue weighted by Crippen LogP contribution is 2.31. The first kappa shape index (κ1) is 47.7. The van der Waals surface area contributed by atoms with Gasteiger partial charge in [0.2, 0.25) is 0 Å². The van der Waals surface area contributed by atoms with E-state index >= 15 is 0 Å². The Bertz CT molecular complexity index is 2760. The van der Waals surface area contributed by atoms with Crippen LogP contribution in [0.5, 0.6) is 34.5 Å². The van der Waals surface area contributed by atoms with Gasteiger partial charge >= 0.3 is 0 Å². The van der Waals surface area contributed by atoms with E-state index in [2.05, 4.69) is 45.2 Å². The van der Waals surface area contributed by atoms with Crippen molar-refractivity contribution in [2.45, 2.75) is 52.4 Å². The summed E-state index contributed by atoms with van der Waals surface area (Å²) >= 11 is 0. The molecule has 8 aromatic carbocycles. The Morgan fingerprint density at radius 2 is 0.704 bits per heavy atom. The van der Waals surface area contributed by atoms with Gasteiger partial charge in [0.15, 0.2) is 0 Å². The predicted octanol–water partition coefficient (Wildman–Crippen LogP) is 11.9. The Hall–Kier alpha value is -8.38. The normalized spacial score (nSPS) is 11.0. The quantitative estimate of drug-likeness (QED) is 0.0568. The molecule has 0 bridgehead atoms. The lowest BCUT2D eigenvalue weighted by Crippen LogP contribution is -2.28. The van der Waals surface area contributed by atoms with Gasteiger partial charge in [-0.05, 0) is 95.0 Å². The van der Waals surface area contributed by atoms with Gasteiger partial charge in [-0.25, -0.2) is 4.68 Å². The second-order valence-electron chi connectivity index (χ2n) is 17.0. The summed E-state index contributed by atoms with van der Waals surface area (Å²) in [7, 11) is 3.85. The molecule has 1 heterocycles. The zero-order chi connectivity index (χ0) is 48.5. The first-order valence-corrected chi connectivity index (χ1v) is 23.7. The topological polar surface area (TPSA) is 110 Å². The van der Waals surface area contributed by atoms with Crippen molar-refractivity contribution in [3.8, 4) is 45.8 Å². The molecule has 2 N–H and O–H groups in total. The smallest absolute Gasteiger partial charge is 0.123 e. The van der Waals surface area contributed by atoms with Gasteiger partial charge in [-0.15, -0.1) is 5.10 Å². The standard InChI is InChI=1S/C60H57N5O6/c1-61-60(62-2)52-25-23-51(24-26-52)59-37-65(64-63-59)36-48-27-53(70-42-49-29-55(66-38-44-15-7-3-8-16-44)34-56(30-49)67-39-45-17-9-4-10-18-45)33-54(28-48)71-43-50-31-57(68-40-46-19-11-5-12-20-46)35-58(32-50)69-41-47-21-13-6-14-22-47/h3-35,37,60-62H,36,38-43H2,1-2H3. The van der Waals surface area contributed by atoms with Crippen molar-refractivity contribution in [3.05, 3.63) is 251 Å². The van der Waals surface area contributed by atoms with Gasteiger partial charge in [-0.3, -0.25) is 0 Å². The number of nitrogens with one attached hydrogen (secondary N) is 2. The Labute approximate surface area is 415 Å². The van der Waals surface area contributed by atoms with Crippen LogP contribution in [0.2, 0.25) is 0 Å². The molecule has 71 heavy (non-hydrogen) atoms. The van der Waals surface area contributed by atoms with Gasteiger partial charge < -0.3 is 39.1 Å². The monoisotopic (exact) mass is 943 g/mol. The van der Waals surface area contributed by atoms with E-state index in [4.69, 9.17) is 28.4 Å². The van der Waals surface area contributed by atoms with Crippen molar-refractivity contribution in [3.63, 3.8) is 0 Å². The van der Waals surface area contributed by atoms with Crippen LogP contribution in [0.4, 0.5) is 0 Å². The molecule has 0 saturated carbocycles. The van der Waals surface area contributed by atoms with Gasteiger partial charge in [-0.2, -0.15) is 0 Å². The molecule has 0 radical (unpaired) electrons. The molecular formula is C60H57N5O6. The minimum Gasteiger partial charge on any atom is -0.489 e. The van der Waals surface area contributed by atoms with Crippen LogP contribution in [0.1, 0.15) is 50.7 Å². The minimum atomic E-state index is 0.0458. The maximum absolute atomic E-state index is 6.62. The lowest BCUT2D eigenvalue weighted by atomic mass is 10.1. The van der Waals surface area contributed by atoms with E-state index in [-0.39, 0.29) is 19.4 Å². The van der Waals surface area contributed by atoms with Crippen molar-refractivity contribution in [1.29, 1.82) is 0 Å². The molecule has 0 fully saturated rings. The Kier molecular flexibility index (Phi) is 16.3. The number of hydrogen-bond acceptors (Lipinski definition) is 10. The minimum absolute atomic E-state index is 0.0458. The molecule has 0 spiro atoms. The van der Waals surface area contributed by atoms with Crippen molar-refractivity contribution in [2.75, 3.05) is 14.1 Å². The van der Waals surface area contributed by atoms with E-state index in [1.54, 1.807) is 0 Å². The maximum Gasteiger partial charge on any atom is 0.123 e. The SMILES string of the molecule is CNC(NC)c1ccc(-c2cn(Cc3cc(OCc4cc(OCc5ccccc5)cc(OCc5ccccc5)c4)cc(OCc4cc(OCc5ccccc5)cc(OCc5ccccc5)c4)c3)nn2)cc1. The van der Waals surface area contributed by atoms with E-state index < -0.39 is 0 Å². The summed E-state index contributed by atoms with van der Waals surface area (Å²) in [5, 5.41) is 15.6. The van der Waals surface area contributed by atoms with Crippen LogP contribution in [-0.2, 0) is 46.2 Å². The highest BCUT2D eigenvalue weighted by molar-refractivity contribution is 5.58. The highest BCUT2D eigenvalue weighted by atomic mass is 16.5. The second-order valence-corrected chi connectivity index (χ2v) is 17.0.